The van der Waals surface area contributed by atoms with E-state index in [1.54, 1.807) is 6.20 Å². The average Bonchev–Trinajstić information content (AvgIpc) is 2.40. The lowest BCUT2D eigenvalue weighted by Gasteiger charge is -2.22. The molecule has 2 aromatic heterocycles. The van der Waals surface area contributed by atoms with Gasteiger partial charge < -0.3 is 0 Å². The van der Waals surface area contributed by atoms with E-state index in [1.165, 1.54) is 0 Å². The van der Waals surface area contributed by atoms with Crippen LogP contribution in [0.25, 0.3) is 11.4 Å². The zero-order chi connectivity index (χ0) is 12.3. The number of hydrogen-bond acceptors (Lipinski definition) is 2. The second-order valence-corrected chi connectivity index (χ2v) is 4.86. The third-order valence-electron chi connectivity index (χ3n) is 3.25. The molecule has 0 atom stereocenters. The van der Waals surface area contributed by atoms with Gasteiger partial charge in [-0.2, -0.15) is 0 Å². The van der Waals surface area contributed by atoms with Crippen LogP contribution in [0.2, 0.25) is 0 Å². The van der Waals surface area contributed by atoms with Crippen LogP contribution in [0.1, 0.15) is 32.9 Å². The van der Waals surface area contributed by atoms with Crippen LogP contribution >= 0.6 is 0 Å². The molecule has 0 N–H and O–H groups in total. The second-order valence-electron chi connectivity index (χ2n) is 4.86. The van der Waals surface area contributed by atoms with Crippen molar-refractivity contribution < 1.29 is 0 Å². The Hall–Kier alpha value is -1.70. The van der Waals surface area contributed by atoms with Gasteiger partial charge in [0.05, 0.1) is 11.4 Å². The fourth-order valence-electron chi connectivity index (χ4n) is 1.65. The molecule has 0 amide bonds. The molecule has 0 radical (unpaired) electrons. The highest BCUT2D eigenvalue weighted by molar-refractivity contribution is 5.53. The van der Waals surface area contributed by atoms with Crippen LogP contribution in [-0.2, 0) is 5.41 Å². The largest absolute Gasteiger partial charge is 0.255 e. The normalized spacial score (nSPS) is 11.5. The molecule has 0 fully saturated rings. The average molecular weight is 226 g/mol. The van der Waals surface area contributed by atoms with Gasteiger partial charge in [0.25, 0.3) is 0 Å². The zero-order valence-electron chi connectivity index (χ0n) is 10.6. The van der Waals surface area contributed by atoms with E-state index in [0.29, 0.717) is 0 Å². The Morgan fingerprint density at radius 1 is 1.00 bits per heavy atom. The molecule has 2 heteroatoms. The van der Waals surface area contributed by atoms with Crippen LogP contribution < -0.4 is 0 Å². The predicted molar refractivity (Wildman–Crippen MR) is 70.8 cm³/mol. The molecule has 2 heterocycles. The molecule has 17 heavy (non-hydrogen) atoms. The van der Waals surface area contributed by atoms with Crippen LogP contribution in [-0.4, -0.2) is 9.97 Å². The quantitative estimate of drug-likeness (QED) is 0.794. The molecule has 0 aliphatic rings. The van der Waals surface area contributed by atoms with E-state index in [1.807, 2.05) is 24.3 Å². The summed E-state index contributed by atoms with van der Waals surface area (Å²) in [6.07, 6.45) is 2.88. The Morgan fingerprint density at radius 2 is 1.76 bits per heavy atom. The summed E-state index contributed by atoms with van der Waals surface area (Å²) >= 11 is 0. The monoisotopic (exact) mass is 226 g/mol. The summed E-state index contributed by atoms with van der Waals surface area (Å²) in [5, 5.41) is 0. The van der Waals surface area contributed by atoms with Crippen molar-refractivity contribution in [1.82, 2.24) is 9.97 Å². The lowest BCUT2D eigenvalue weighted by Crippen LogP contribution is -2.17. The second kappa shape index (κ2) is 4.66. The highest BCUT2D eigenvalue weighted by Crippen LogP contribution is 2.26. The molecule has 0 bridgehead atoms. The zero-order valence-corrected chi connectivity index (χ0v) is 10.6. The van der Waals surface area contributed by atoms with Gasteiger partial charge in [-0.25, -0.2) is 0 Å². The molecule has 0 aromatic carbocycles. The minimum absolute atomic E-state index is 0.116. The molecule has 0 aliphatic carbocycles. The van der Waals surface area contributed by atoms with E-state index in [0.717, 1.165) is 23.5 Å². The van der Waals surface area contributed by atoms with E-state index in [9.17, 15) is 0 Å². The minimum atomic E-state index is 0.116. The maximum absolute atomic E-state index is 4.72. The van der Waals surface area contributed by atoms with E-state index < -0.39 is 0 Å². The summed E-state index contributed by atoms with van der Waals surface area (Å²) in [6, 6.07) is 12.1. The van der Waals surface area contributed by atoms with Gasteiger partial charge in [0.15, 0.2) is 0 Å². The summed E-state index contributed by atoms with van der Waals surface area (Å²) < 4.78 is 0. The van der Waals surface area contributed by atoms with Crippen molar-refractivity contribution in [2.45, 2.75) is 32.6 Å². The first-order chi connectivity index (χ1) is 8.13. The maximum atomic E-state index is 4.72. The third-order valence-corrected chi connectivity index (χ3v) is 3.25. The van der Waals surface area contributed by atoms with Gasteiger partial charge in [0, 0.05) is 17.3 Å². The fraction of sp³-hybridized carbons (Fsp3) is 0.333. The summed E-state index contributed by atoms with van der Waals surface area (Å²) in [7, 11) is 0. The summed E-state index contributed by atoms with van der Waals surface area (Å²) in [4.78, 5) is 9.06. The highest BCUT2D eigenvalue weighted by atomic mass is 14.8. The summed E-state index contributed by atoms with van der Waals surface area (Å²) in [5.41, 5.74) is 3.12. The van der Waals surface area contributed by atoms with Crippen molar-refractivity contribution in [3.8, 4) is 11.4 Å². The summed E-state index contributed by atoms with van der Waals surface area (Å²) in [5.74, 6) is 0. The lowest BCUT2D eigenvalue weighted by atomic mass is 9.86. The van der Waals surface area contributed by atoms with Crippen molar-refractivity contribution in [3.05, 3.63) is 48.3 Å². The Morgan fingerprint density at radius 3 is 2.41 bits per heavy atom. The smallest absolute Gasteiger partial charge is 0.0889 e. The highest BCUT2D eigenvalue weighted by Gasteiger charge is 2.19. The number of hydrogen-bond donors (Lipinski definition) is 0. The van der Waals surface area contributed by atoms with Crippen LogP contribution in [0.3, 0.4) is 0 Å². The van der Waals surface area contributed by atoms with E-state index in [2.05, 4.69) is 37.9 Å². The molecular formula is C15H18N2. The predicted octanol–water partition coefficient (Wildman–Crippen LogP) is 3.83. The van der Waals surface area contributed by atoms with Crippen LogP contribution in [0.15, 0.2) is 42.6 Å². The molecule has 2 nitrogen and oxygen atoms in total. The molecule has 0 aliphatic heterocycles. The van der Waals surface area contributed by atoms with Gasteiger partial charge in [0.1, 0.15) is 0 Å². The van der Waals surface area contributed by atoms with Gasteiger partial charge in [-0.3, -0.25) is 9.97 Å². The van der Waals surface area contributed by atoms with Crippen molar-refractivity contribution >= 4 is 0 Å². The SMILES string of the molecule is CCC(C)(C)c1cccc(-c2ccccn2)n1. The molecule has 0 unspecified atom stereocenters. The van der Waals surface area contributed by atoms with Gasteiger partial charge in [-0.1, -0.05) is 32.9 Å². The number of aromatic nitrogens is 2. The van der Waals surface area contributed by atoms with Gasteiger partial charge in [-0.15, -0.1) is 0 Å². The standard InChI is InChI=1S/C15H18N2/c1-4-15(2,3)14-10-7-9-13(17-14)12-8-5-6-11-16-12/h5-11H,4H2,1-3H3. The van der Waals surface area contributed by atoms with E-state index in [4.69, 9.17) is 4.98 Å². The van der Waals surface area contributed by atoms with Gasteiger partial charge >= 0.3 is 0 Å². The van der Waals surface area contributed by atoms with Crippen molar-refractivity contribution in [3.63, 3.8) is 0 Å². The first kappa shape index (κ1) is 11.8. The molecule has 88 valence electrons. The first-order valence-electron chi connectivity index (χ1n) is 6.02. The van der Waals surface area contributed by atoms with Crippen molar-refractivity contribution in [2.75, 3.05) is 0 Å². The molecule has 0 spiro atoms. The van der Waals surface area contributed by atoms with Crippen LogP contribution in [0, 0.1) is 0 Å². The molecule has 0 saturated carbocycles. The molecule has 2 rings (SSSR count). The minimum Gasteiger partial charge on any atom is -0.255 e. The van der Waals surface area contributed by atoms with Crippen LogP contribution in [0.5, 0.6) is 0 Å². The number of pyridine rings is 2. The van der Waals surface area contributed by atoms with E-state index >= 15 is 0 Å². The first-order valence-corrected chi connectivity index (χ1v) is 6.02. The lowest BCUT2D eigenvalue weighted by molar-refractivity contribution is 0.491. The Balaban J connectivity index is 2.42. The van der Waals surface area contributed by atoms with Crippen molar-refractivity contribution in [1.29, 1.82) is 0 Å². The maximum Gasteiger partial charge on any atom is 0.0889 e. The van der Waals surface area contributed by atoms with Crippen molar-refractivity contribution in [2.24, 2.45) is 0 Å². The molecular weight excluding hydrogens is 208 g/mol. The third kappa shape index (κ3) is 2.52. The topological polar surface area (TPSA) is 25.8 Å². The Bertz CT molecular complexity index is 489. The van der Waals surface area contributed by atoms with Crippen LogP contribution in [0.4, 0.5) is 0 Å². The van der Waals surface area contributed by atoms with E-state index in [-0.39, 0.29) is 5.41 Å². The molecule has 0 saturated heterocycles. The summed E-state index contributed by atoms with van der Waals surface area (Å²) in [6.45, 7) is 6.63. The Kier molecular flexibility index (Phi) is 3.23. The number of nitrogens with zero attached hydrogens (tertiary/aromatic N) is 2. The molecule has 2 aromatic rings. The number of rotatable bonds is 3. The van der Waals surface area contributed by atoms with Gasteiger partial charge in [0.2, 0.25) is 0 Å². The van der Waals surface area contributed by atoms with Gasteiger partial charge in [-0.05, 0) is 30.7 Å². The fourth-order valence-corrected chi connectivity index (χ4v) is 1.65. The Labute approximate surface area is 103 Å².